The number of benzene rings is 1. The number of nitrogens with zero attached hydrogens (tertiary/aromatic N) is 1. The fraction of sp³-hybridized carbons (Fsp3) is 0.538. The Morgan fingerprint density at radius 1 is 1.39 bits per heavy atom. The number of rotatable bonds is 4. The molecular weight excluding hydrogens is 232 g/mol. The van der Waals surface area contributed by atoms with Gasteiger partial charge in [0.05, 0.1) is 39.2 Å². The minimum atomic E-state index is 0.180. The van der Waals surface area contributed by atoms with Crippen LogP contribution in [0.25, 0.3) is 0 Å². The molecule has 2 N–H and O–H groups in total. The molecule has 0 aromatic heterocycles. The molecule has 0 spiro atoms. The van der Waals surface area contributed by atoms with Crippen LogP contribution in [0.1, 0.15) is 0 Å². The van der Waals surface area contributed by atoms with Crippen molar-refractivity contribution in [3.05, 3.63) is 18.2 Å². The minimum absolute atomic E-state index is 0.180. The molecule has 0 bridgehead atoms. The highest BCUT2D eigenvalue weighted by atomic mass is 16.5. The van der Waals surface area contributed by atoms with Crippen molar-refractivity contribution in [3.63, 3.8) is 0 Å². The van der Waals surface area contributed by atoms with Crippen LogP contribution in [0.4, 0.5) is 5.69 Å². The maximum Gasteiger partial charge on any atom is 0.142 e. The van der Waals surface area contributed by atoms with E-state index in [1.165, 1.54) is 0 Å². The number of ether oxygens (including phenoxy) is 3. The Hall–Kier alpha value is -1.46. The Morgan fingerprint density at radius 3 is 2.89 bits per heavy atom. The average Bonchev–Trinajstić information content (AvgIpc) is 2.46. The molecule has 1 heterocycles. The van der Waals surface area contributed by atoms with Gasteiger partial charge in [-0.05, 0) is 12.1 Å². The van der Waals surface area contributed by atoms with Crippen molar-refractivity contribution in [2.24, 2.45) is 5.73 Å². The van der Waals surface area contributed by atoms with Gasteiger partial charge >= 0.3 is 0 Å². The Labute approximate surface area is 107 Å². The van der Waals surface area contributed by atoms with Gasteiger partial charge in [0.25, 0.3) is 0 Å². The van der Waals surface area contributed by atoms with Crippen molar-refractivity contribution >= 4 is 5.69 Å². The van der Waals surface area contributed by atoms with E-state index in [1.54, 1.807) is 14.2 Å². The topological polar surface area (TPSA) is 57.0 Å². The van der Waals surface area contributed by atoms with E-state index in [0.717, 1.165) is 23.7 Å². The summed E-state index contributed by atoms with van der Waals surface area (Å²) in [5, 5.41) is 0. The van der Waals surface area contributed by atoms with Gasteiger partial charge in [-0.2, -0.15) is 0 Å². The summed E-state index contributed by atoms with van der Waals surface area (Å²) in [4.78, 5) is 2.23. The van der Waals surface area contributed by atoms with Crippen LogP contribution in [0.5, 0.6) is 11.5 Å². The Morgan fingerprint density at radius 2 is 2.22 bits per heavy atom. The smallest absolute Gasteiger partial charge is 0.142 e. The van der Waals surface area contributed by atoms with Crippen LogP contribution in [-0.2, 0) is 4.74 Å². The average molecular weight is 252 g/mol. The van der Waals surface area contributed by atoms with Gasteiger partial charge in [-0.25, -0.2) is 0 Å². The van der Waals surface area contributed by atoms with Crippen molar-refractivity contribution in [3.8, 4) is 11.5 Å². The monoisotopic (exact) mass is 252 g/mol. The van der Waals surface area contributed by atoms with Crippen LogP contribution in [0.3, 0.4) is 0 Å². The second-order valence-corrected chi connectivity index (χ2v) is 4.20. The SMILES string of the molecule is COc1ccc(OC)c(N2CCOCC2CN)c1. The van der Waals surface area contributed by atoms with Crippen molar-refractivity contribution in [1.29, 1.82) is 0 Å². The molecule has 18 heavy (non-hydrogen) atoms. The van der Waals surface area contributed by atoms with Crippen LogP contribution in [0, 0.1) is 0 Å². The normalized spacial score (nSPS) is 19.7. The zero-order valence-corrected chi connectivity index (χ0v) is 10.9. The molecule has 1 fully saturated rings. The maximum atomic E-state index is 5.80. The van der Waals surface area contributed by atoms with E-state index in [-0.39, 0.29) is 6.04 Å². The van der Waals surface area contributed by atoms with Gasteiger partial charge in [-0.3, -0.25) is 0 Å². The van der Waals surface area contributed by atoms with Gasteiger partial charge in [0.1, 0.15) is 11.5 Å². The molecule has 0 amide bonds. The first-order chi connectivity index (χ1) is 8.80. The zero-order valence-electron chi connectivity index (χ0n) is 10.9. The third-order valence-corrected chi connectivity index (χ3v) is 3.20. The largest absolute Gasteiger partial charge is 0.497 e. The third-order valence-electron chi connectivity index (χ3n) is 3.20. The lowest BCUT2D eigenvalue weighted by atomic mass is 10.1. The van der Waals surface area contributed by atoms with Gasteiger partial charge in [-0.1, -0.05) is 0 Å². The summed E-state index contributed by atoms with van der Waals surface area (Å²) in [6.45, 7) is 2.72. The van der Waals surface area contributed by atoms with Gasteiger partial charge < -0.3 is 24.8 Å². The second-order valence-electron chi connectivity index (χ2n) is 4.20. The van der Waals surface area contributed by atoms with Crippen molar-refractivity contribution in [2.45, 2.75) is 6.04 Å². The number of nitrogens with two attached hydrogens (primary N) is 1. The zero-order chi connectivity index (χ0) is 13.0. The van der Waals surface area contributed by atoms with E-state index in [2.05, 4.69) is 4.90 Å². The summed E-state index contributed by atoms with van der Waals surface area (Å²) in [5.41, 5.74) is 6.81. The first-order valence-corrected chi connectivity index (χ1v) is 6.06. The highest BCUT2D eigenvalue weighted by Gasteiger charge is 2.24. The quantitative estimate of drug-likeness (QED) is 0.861. The molecule has 0 aliphatic carbocycles. The summed E-state index contributed by atoms with van der Waals surface area (Å²) >= 11 is 0. The highest BCUT2D eigenvalue weighted by molar-refractivity contribution is 5.62. The Kier molecular flexibility index (Phi) is 4.28. The molecule has 1 saturated heterocycles. The summed E-state index contributed by atoms with van der Waals surface area (Å²) in [6.07, 6.45) is 0. The van der Waals surface area contributed by atoms with E-state index in [0.29, 0.717) is 19.8 Å². The molecule has 2 rings (SSSR count). The number of anilines is 1. The summed E-state index contributed by atoms with van der Waals surface area (Å²) in [6, 6.07) is 5.96. The Bertz CT molecular complexity index is 398. The standard InChI is InChI=1S/C13H20N2O3/c1-16-11-3-4-13(17-2)12(7-11)15-5-6-18-9-10(15)8-14/h3-4,7,10H,5-6,8-9,14H2,1-2H3. The lowest BCUT2D eigenvalue weighted by molar-refractivity contribution is 0.0960. The number of hydrogen-bond donors (Lipinski definition) is 1. The van der Waals surface area contributed by atoms with E-state index in [1.807, 2.05) is 18.2 Å². The van der Waals surface area contributed by atoms with Crippen molar-refractivity contribution in [1.82, 2.24) is 0 Å². The molecular formula is C13H20N2O3. The van der Waals surface area contributed by atoms with E-state index in [4.69, 9.17) is 19.9 Å². The predicted octanol–water partition coefficient (Wildman–Crippen LogP) is 0.868. The van der Waals surface area contributed by atoms with Crippen LogP contribution < -0.4 is 20.1 Å². The highest BCUT2D eigenvalue weighted by Crippen LogP contribution is 2.34. The van der Waals surface area contributed by atoms with Crippen LogP contribution >= 0.6 is 0 Å². The van der Waals surface area contributed by atoms with Crippen LogP contribution in [0.2, 0.25) is 0 Å². The maximum absolute atomic E-state index is 5.80. The van der Waals surface area contributed by atoms with E-state index in [9.17, 15) is 0 Å². The molecule has 0 radical (unpaired) electrons. The molecule has 0 saturated carbocycles. The van der Waals surface area contributed by atoms with E-state index >= 15 is 0 Å². The first kappa shape index (κ1) is 13.0. The van der Waals surface area contributed by atoms with Gasteiger partial charge in [0.15, 0.2) is 0 Å². The molecule has 1 unspecified atom stereocenters. The number of hydrogen-bond acceptors (Lipinski definition) is 5. The lowest BCUT2D eigenvalue weighted by Gasteiger charge is -2.37. The summed E-state index contributed by atoms with van der Waals surface area (Å²) < 4.78 is 16.1. The molecule has 1 aromatic carbocycles. The van der Waals surface area contributed by atoms with Crippen molar-refractivity contribution in [2.75, 3.05) is 45.4 Å². The minimum Gasteiger partial charge on any atom is -0.497 e. The molecule has 1 aromatic rings. The van der Waals surface area contributed by atoms with Crippen LogP contribution in [0.15, 0.2) is 18.2 Å². The molecule has 5 heteroatoms. The first-order valence-electron chi connectivity index (χ1n) is 6.06. The van der Waals surface area contributed by atoms with Gasteiger partial charge in [0, 0.05) is 19.2 Å². The predicted molar refractivity (Wildman–Crippen MR) is 70.6 cm³/mol. The van der Waals surface area contributed by atoms with Gasteiger partial charge in [-0.15, -0.1) is 0 Å². The molecule has 1 aliphatic rings. The molecule has 100 valence electrons. The number of methoxy groups -OCH3 is 2. The fourth-order valence-corrected chi connectivity index (χ4v) is 2.19. The lowest BCUT2D eigenvalue weighted by Crippen LogP contribution is -2.49. The molecule has 1 aliphatic heterocycles. The fourth-order valence-electron chi connectivity index (χ4n) is 2.19. The van der Waals surface area contributed by atoms with E-state index < -0.39 is 0 Å². The second kappa shape index (κ2) is 5.93. The third kappa shape index (κ3) is 2.52. The summed E-state index contributed by atoms with van der Waals surface area (Å²) in [7, 11) is 3.33. The van der Waals surface area contributed by atoms with Crippen LogP contribution in [-0.4, -0.2) is 46.6 Å². The molecule has 5 nitrogen and oxygen atoms in total. The van der Waals surface area contributed by atoms with Gasteiger partial charge in [0.2, 0.25) is 0 Å². The number of morpholine rings is 1. The molecule has 1 atom stereocenters. The Balaban J connectivity index is 2.34. The van der Waals surface area contributed by atoms with Crippen molar-refractivity contribution < 1.29 is 14.2 Å². The summed E-state index contributed by atoms with van der Waals surface area (Å²) in [5.74, 6) is 1.64.